The van der Waals surface area contributed by atoms with Crippen LogP contribution in [0.1, 0.15) is 20.8 Å². The summed E-state index contributed by atoms with van der Waals surface area (Å²) in [6.07, 6.45) is -0.978. The van der Waals surface area contributed by atoms with Gasteiger partial charge in [0.2, 0.25) is 0 Å². The molecular weight excluding hydrogens is 306 g/mol. The zero-order chi connectivity index (χ0) is 17.3. The van der Waals surface area contributed by atoms with Gasteiger partial charge in [-0.3, -0.25) is 0 Å². The molecular formula is C19H19NO4. The van der Waals surface area contributed by atoms with Gasteiger partial charge in [0, 0.05) is 21.8 Å². The molecule has 0 radical (unpaired) electrons. The van der Waals surface area contributed by atoms with Crippen LogP contribution in [0.5, 0.6) is 0 Å². The molecule has 124 valence electrons. The number of para-hydroxylation sites is 2. The Kier molecular flexibility index (Phi) is 4.01. The number of hydrogen-bond donors (Lipinski definition) is 0. The summed E-state index contributed by atoms with van der Waals surface area (Å²) in [7, 11) is 0. The highest BCUT2D eigenvalue weighted by molar-refractivity contribution is 6.08. The highest BCUT2D eigenvalue weighted by Crippen LogP contribution is 2.28. The zero-order valence-corrected chi connectivity index (χ0v) is 13.9. The minimum absolute atomic E-state index is 0.0622. The Morgan fingerprint density at radius 3 is 1.92 bits per heavy atom. The fourth-order valence-corrected chi connectivity index (χ4v) is 2.70. The van der Waals surface area contributed by atoms with Gasteiger partial charge >= 0.3 is 12.1 Å². The standard InChI is InChI=1S/C19H19NO4/c1-19(2,3)24-18(22)23-17(21)12-20-15-10-6-4-8-13(15)14-9-5-7-11-16(14)20/h4-11H,12H2,1-3H3. The first kappa shape index (κ1) is 16.1. The summed E-state index contributed by atoms with van der Waals surface area (Å²) in [5, 5.41) is 2.11. The Bertz CT molecular complexity index is 865. The molecule has 0 atom stereocenters. The lowest BCUT2D eigenvalue weighted by molar-refractivity contribution is -0.141. The van der Waals surface area contributed by atoms with Crippen LogP contribution in [0, 0.1) is 0 Å². The van der Waals surface area contributed by atoms with Crippen molar-refractivity contribution < 1.29 is 19.1 Å². The summed E-state index contributed by atoms with van der Waals surface area (Å²) in [4.78, 5) is 23.8. The Morgan fingerprint density at radius 2 is 1.42 bits per heavy atom. The molecule has 1 heterocycles. The first-order valence-electron chi connectivity index (χ1n) is 7.75. The number of rotatable bonds is 2. The second kappa shape index (κ2) is 6.00. The minimum atomic E-state index is -0.978. The molecule has 5 nitrogen and oxygen atoms in total. The molecule has 0 aliphatic carbocycles. The third-order valence-electron chi connectivity index (χ3n) is 3.55. The van der Waals surface area contributed by atoms with Crippen LogP contribution >= 0.6 is 0 Å². The normalized spacial score (nSPS) is 11.6. The van der Waals surface area contributed by atoms with E-state index in [9.17, 15) is 9.59 Å². The molecule has 0 unspecified atom stereocenters. The minimum Gasteiger partial charge on any atom is -0.428 e. The molecule has 0 bridgehead atoms. The van der Waals surface area contributed by atoms with Gasteiger partial charge in [-0.05, 0) is 32.9 Å². The van der Waals surface area contributed by atoms with Crippen LogP contribution in [0.2, 0.25) is 0 Å². The van der Waals surface area contributed by atoms with Gasteiger partial charge < -0.3 is 14.0 Å². The lowest BCUT2D eigenvalue weighted by Gasteiger charge is -2.18. The number of hydrogen-bond acceptors (Lipinski definition) is 4. The van der Waals surface area contributed by atoms with Gasteiger partial charge in [0.1, 0.15) is 12.1 Å². The van der Waals surface area contributed by atoms with Crippen molar-refractivity contribution in [1.29, 1.82) is 0 Å². The molecule has 1 aromatic heterocycles. The van der Waals surface area contributed by atoms with E-state index in [1.165, 1.54) is 0 Å². The lowest BCUT2D eigenvalue weighted by atomic mass is 10.2. The molecule has 0 aliphatic heterocycles. The number of benzene rings is 2. The first-order valence-corrected chi connectivity index (χ1v) is 7.75. The predicted molar refractivity (Wildman–Crippen MR) is 91.8 cm³/mol. The fourth-order valence-electron chi connectivity index (χ4n) is 2.70. The molecule has 0 amide bonds. The molecule has 3 rings (SSSR count). The number of carbonyl (C=O) groups is 2. The van der Waals surface area contributed by atoms with Crippen molar-refractivity contribution in [2.24, 2.45) is 0 Å². The summed E-state index contributed by atoms with van der Waals surface area (Å²) < 4.78 is 11.6. The maximum absolute atomic E-state index is 12.2. The van der Waals surface area contributed by atoms with Crippen molar-refractivity contribution in [3.8, 4) is 0 Å². The second-order valence-corrected chi connectivity index (χ2v) is 6.56. The molecule has 0 aliphatic rings. The summed E-state index contributed by atoms with van der Waals surface area (Å²) in [5.41, 5.74) is 1.13. The first-order chi connectivity index (χ1) is 11.3. The van der Waals surface area contributed by atoms with Crippen LogP contribution in [0.25, 0.3) is 21.8 Å². The molecule has 0 fully saturated rings. The van der Waals surface area contributed by atoms with Crippen LogP contribution in [0.4, 0.5) is 4.79 Å². The van der Waals surface area contributed by atoms with E-state index >= 15 is 0 Å². The van der Waals surface area contributed by atoms with Crippen LogP contribution in [0.15, 0.2) is 48.5 Å². The molecule has 0 saturated carbocycles. The third kappa shape index (κ3) is 3.25. The van der Waals surface area contributed by atoms with Crippen LogP contribution in [-0.2, 0) is 20.8 Å². The van der Waals surface area contributed by atoms with Gasteiger partial charge in [0.05, 0.1) is 0 Å². The van der Waals surface area contributed by atoms with E-state index in [-0.39, 0.29) is 6.54 Å². The van der Waals surface area contributed by atoms with E-state index in [0.717, 1.165) is 21.8 Å². The average Bonchev–Trinajstić information content (AvgIpc) is 2.80. The summed E-state index contributed by atoms with van der Waals surface area (Å²) in [5.74, 6) is -0.657. The van der Waals surface area contributed by atoms with E-state index in [1.54, 1.807) is 20.8 Å². The topological polar surface area (TPSA) is 57.5 Å². The van der Waals surface area contributed by atoms with Gasteiger partial charge in [0.25, 0.3) is 0 Å². The molecule has 2 aromatic carbocycles. The molecule has 0 N–H and O–H groups in total. The smallest absolute Gasteiger partial charge is 0.428 e. The lowest BCUT2D eigenvalue weighted by Crippen LogP contribution is -2.27. The van der Waals surface area contributed by atoms with E-state index < -0.39 is 17.7 Å². The van der Waals surface area contributed by atoms with Crippen LogP contribution in [0.3, 0.4) is 0 Å². The number of nitrogens with zero attached hydrogens (tertiary/aromatic N) is 1. The SMILES string of the molecule is CC(C)(C)OC(=O)OC(=O)Cn1c2ccccc2c2ccccc21. The molecule has 3 aromatic rings. The zero-order valence-electron chi connectivity index (χ0n) is 13.9. The Morgan fingerprint density at radius 1 is 0.917 bits per heavy atom. The number of esters is 1. The molecule has 0 saturated heterocycles. The summed E-state index contributed by atoms with van der Waals surface area (Å²) in [6, 6.07) is 15.6. The van der Waals surface area contributed by atoms with E-state index in [1.807, 2.05) is 53.1 Å². The Hall–Kier alpha value is -2.82. The van der Waals surface area contributed by atoms with Crippen molar-refractivity contribution in [1.82, 2.24) is 4.57 Å². The largest absolute Gasteiger partial charge is 0.516 e. The highest BCUT2D eigenvalue weighted by atomic mass is 16.7. The summed E-state index contributed by atoms with van der Waals surface area (Å²) in [6.45, 7) is 5.08. The van der Waals surface area contributed by atoms with Crippen molar-refractivity contribution in [2.75, 3.05) is 0 Å². The Balaban J connectivity index is 1.89. The van der Waals surface area contributed by atoms with Crippen molar-refractivity contribution >= 4 is 33.9 Å². The quantitative estimate of drug-likeness (QED) is 0.521. The number of aromatic nitrogens is 1. The van der Waals surface area contributed by atoms with Gasteiger partial charge in [-0.15, -0.1) is 0 Å². The van der Waals surface area contributed by atoms with Crippen molar-refractivity contribution in [3.63, 3.8) is 0 Å². The molecule has 24 heavy (non-hydrogen) atoms. The van der Waals surface area contributed by atoms with Gasteiger partial charge in [0.15, 0.2) is 0 Å². The Labute approximate surface area is 139 Å². The maximum atomic E-state index is 12.2. The molecule has 0 spiro atoms. The number of ether oxygens (including phenoxy) is 2. The average molecular weight is 325 g/mol. The van der Waals surface area contributed by atoms with Gasteiger partial charge in [-0.2, -0.15) is 0 Å². The maximum Gasteiger partial charge on any atom is 0.516 e. The van der Waals surface area contributed by atoms with Crippen LogP contribution < -0.4 is 0 Å². The van der Waals surface area contributed by atoms with E-state index in [0.29, 0.717) is 0 Å². The van der Waals surface area contributed by atoms with Crippen molar-refractivity contribution in [3.05, 3.63) is 48.5 Å². The van der Waals surface area contributed by atoms with E-state index in [4.69, 9.17) is 9.47 Å². The highest BCUT2D eigenvalue weighted by Gasteiger charge is 2.21. The molecule has 5 heteroatoms. The summed E-state index contributed by atoms with van der Waals surface area (Å²) >= 11 is 0. The second-order valence-electron chi connectivity index (χ2n) is 6.56. The van der Waals surface area contributed by atoms with Crippen molar-refractivity contribution in [2.45, 2.75) is 32.9 Å². The third-order valence-corrected chi connectivity index (χ3v) is 3.55. The number of carbonyl (C=O) groups excluding carboxylic acids is 2. The fraction of sp³-hybridized carbons (Fsp3) is 0.263. The monoisotopic (exact) mass is 325 g/mol. The number of fused-ring (bicyclic) bond motifs is 3. The van der Waals surface area contributed by atoms with Crippen LogP contribution in [-0.4, -0.2) is 22.3 Å². The van der Waals surface area contributed by atoms with Gasteiger partial charge in [-0.25, -0.2) is 9.59 Å². The predicted octanol–water partition coefficient (Wildman–Crippen LogP) is 4.27. The van der Waals surface area contributed by atoms with Gasteiger partial charge in [-0.1, -0.05) is 36.4 Å². The van der Waals surface area contributed by atoms with E-state index in [2.05, 4.69) is 0 Å².